The van der Waals surface area contributed by atoms with Crippen LogP contribution in [0.3, 0.4) is 0 Å². The second-order valence-corrected chi connectivity index (χ2v) is 6.90. The quantitative estimate of drug-likeness (QED) is 0.696. The summed E-state index contributed by atoms with van der Waals surface area (Å²) in [5, 5.41) is 9.67. The van der Waals surface area contributed by atoms with Crippen molar-refractivity contribution < 1.29 is 18.7 Å². The van der Waals surface area contributed by atoms with Gasteiger partial charge in [-0.25, -0.2) is 4.39 Å². The molecule has 0 radical (unpaired) electrons. The Labute approximate surface area is 166 Å². The van der Waals surface area contributed by atoms with E-state index in [1.807, 2.05) is 19.1 Å². The fraction of sp³-hybridized carbons (Fsp3) is 0.190. The van der Waals surface area contributed by atoms with Gasteiger partial charge in [0.15, 0.2) is 6.10 Å². The maximum Gasteiger partial charge on any atom is 0.266 e. The molecule has 1 aliphatic heterocycles. The zero-order chi connectivity index (χ0) is 20.4. The lowest BCUT2D eigenvalue weighted by atomic mass is 10.1. The molecule has 2 amide bonds. The van der Waals surface area contributed by atoms with E-state index in [0.29, 0.717) is 23.7 Å². The summed E-state index contributed by atoms with van der Waals surface area (Å²) in [6.45, 7) is 2.36. The van der Waals surface area contributed by atoms with E-state index in [-0.39, 0.29) is 24.1 Å². The number of nitrogens with one attached hydrogen (secondary N) is 2. The number of fused-ring (bicyclic) bond motifs is 1. The van der Waals surface area contributed by atoms with Gasteiger partial charge in [0.1, 0.15) is 11.6 Å². The summed E-state index contributed by atoms with van der Waals surface area (Å²) in [5.41, 5.74) is 2.99. The van der Waals surface area contributed by atoms with Crippen molar-refractivity contribution in [1.82, 2.24) is 9.78 Å². The molecule has 8 heteroatoms. The highest BCUT2D eigenvalue weighted by Crippen LogP contribution is 2.31. The molecule has 0 saturated carbocycles. The number of amides is 2. The maximum absolute atomic E-state index is 13.0. The Bertz CT molecular complexity index is 1060. The van der Waals surface area contributed by atoms with Crippen molar-refractivity contribution in [3.05, 3.63) is 71.8 Å². The monoisotopic (exact) mass is 394 g/mol. The molecule has 0 saturated heterocycles. The van der Waals surface area contributed by atoms with Crippen LogP contribution in [-0.4, -0.2) is 27.7 Å². The van der Waals surface area contributed by atoms with Crippen LogP contribution in [0.4, 0.5) is 15.8 Å². The second-order valence-electron chi connectivity index (χ2n) is 6.90. The Morgan fingerprint density at radius 2 is 2.07 bits per heavy atom. The van der Waals surface area contributed by atoms with Crippen molar-refractivity contribution in [3.63, 3.8) is 0 Å². The lowest BCUT2D eigenvalue weighted by molar-refractivity contribution is -0.128. The van der Waals surface area contributed by atoms with Crippen LogP contribution < -0.4 is 15.4 Å². The topological polar surface area (TPSA) is 85.3 Å². The Kier molecular flexibility index (Phi) is 4.99. The first-order valence-corrected chi connectivity index (χ1v) is 9.11. The first kappa shape index (κ1) is 18.7. The van der Waals surface area contributed by atoms with Gasteiger partial charge in [-0.1, -0.05) is 18.2 Å². The summed E-state index contributed by atoms with van der Waals surface area (Å²) in [6.07, 6.45) is 2.16. The van der Waals surface area contributed by atoms with E-state index < -0.39 is 6.10 Å². The molecule has 2 heterocycles. The van der Waals surface area contributed by atoms with E-state index in [1.54, 1.807) is 29.1 Å². The SMILES string of the molecule is Cc1ccc2c(c1)NC(=O)C(CC(=O)Nc1cnn(Cc3ccc(F)cc3)c1)O2. The van der Waals surface area contributed by atoms with Gasteiger partial charge >= 0.3 is 0 Å². The van der Waals surface area contributed by atoms with Crippen LogP contribution in [0.15, 0.2) is 54.9 Å². The molecule has 4 rings (SSSR count). The average Bonchev–Trinajstić information content (AvgIpc) is 3.11. The number of hydrogen-bond acceptors (Lipinski definition) is 4. The summed E-state index contributed by atoms with van der Waals surface area (Å²) in [6, 6.07) is 11.6. The van der Waals surface area contributed by atoms with Gasteiger partial charge in [0.05, 0.1) is 30.5 Å². The smallest absolute Gasteiger partial charge is 0.266 e. The zero-order valence-corrected chi connectivity index (χ0v) is 15.7. The highest BCUT2D eigenvalue weighted by Gasteiger charge is 2.29. The molecular formula is C21H19FN4O3. The van der Waals surface area contributed by atoms with E-state index in [0.717, 1.165) is 11.1 Å². The molecular weight excluding hydrogens is 375 g/mol. The van der Waals surface area contributed by atoms with Crippen LogP contribution in [0.25, 0.3) is 0 Å². The van der Waals surface area contributed by atoms with Gasteiger partial charge in [-0.05, 0) is 42.3 Å². The van der Waals surface area contributed by atoms with Crippen LogP contribution in [-0.2, 0) is 16.1 Å². The standard InChI is InChI=1S/C21H19FN4O3/c1-13-2-7-18-17(8-13)25-21(28)19(29-18)9-20(27)24-16-10-23-26(12-16)11-14-3-5-15(22)6-4-14/h2-8,10,12,19H,9,11H2,1H3,(H,24,27)(H,25,28). The first-order valence-electron chi connectivity index (χ1n) is 9.11. The number of nitrogens with zero attached hydrogens (tertiary/aromatic N) is 2. The van der Waals surface area contributed by atoms with Crippen LogP contribution in [0.5, 0.6) is 5.75 Å². The van der Waals surface area contributed by atoms with Crippen LogP contribution in [0, 0.1) is 12.7 Å². The molecule has 3 aromatic rings. The van der Waals surface area contributed by atoms with Crippen molar-refractivity contribution in [2.75, 3.05) is 10.6 Å². The van der Waals surface area contributed by atoms with Gasteiger partial charge in [-0.3, -0.25) is 14.3 Å². The predicted molar refractivity (Wildman–Crippen MR) is 105 cm³/mol. The third-order valence-electron chi connectivity index (χ3n) is 4.50. The Hall–Kier alpha value is -3.68. The van der Waals surface area contributed by atoms with E-state index >= 15 is 0 Å². The number of ether oxygens (including phenoxy) is 1. The van der Waals surface area contributed by atoms with Crippen molar-refractivity contribution in [1.29, 1.82) is 0 Å². The van der Waals surface area contributed by atoms with E-state index in [1.165, 1.54) is 18.3 Å². The Morgan fingerprint density at radius 1 is 1.28 bits per heavy atom. The molecule has 1 aromatic heterocycles. The summed E-state index contributed by atoms with van der Waals surface area (Å²) in [7, 11) is 0. The van der Waals surface area contributed by atoms with Gasteiger partial charge in [0, 0.05) is 6.20 Å². The van der Waals surface area contributed by atoms with Gasteiger partial charge in [-0.15, -0.1) is 0 Å². The fourth-order valence-corrected chi connectivity index (χ4v) is 3.07. The number of hydrogen-bond donors (Lipinski definition) is 2. The molecule has 7 nitrogen and oxygen atoms in total. The number of rotatable bonds is 5. The number of benzene rings is 2. The highest BCUT2D eigenvalue weighted by atomic mass is 19.1. The van der Waals surface area contributed by atoms with Crippen molar-refractivity contribution in [2.45, 2.75) is 26.0 Å². The number of aryl methyl sites for hydroxylation is 1. The van der Waals surface area contributed by atoms with Crippen LogP contribution in [0.2, 0.25) is 0 Å². The summed E-state index contributed by atoms with van der Waals surface area (Å²) < 4.78 is 20.3. The molecule has 29 heavy (non-hydrogen) atoms. The molecule has 148 valence electrons. The minimum atomic E-state index is -0.903. The number of halogens is 1. The molecule has 2 N–H and O–H groups in total. The number of carbonyl (C=O) groups excluding carboxylic acids is 2. The highest BCUT2D eigenvalue weighted by molar-refractivity contribution is 6.02. The zero-order valence-electron chi connectivity index (χ0n) is 15.7. The van der Waals surface area contributed by atoms with Crippen molar-refractivity contribution in [2.24, 2.45) is 0 Å². The summed E-state index contributed by atoms with van der Waals surface area (Å²) in [5.74, 6) is -0.471. The predicted octanol–water partition coefficient (Wildman–Crippen LogP) is 3.11. The van der Waals surface area contributed by atoms with Gasteiger partial charge in [0.25, 0.3) is 5.91 Å². The van der Waals surface area contributed by atoms with E-state index in [4.69, 9.17) is 4.74 Å². The average molecular weight is 394 g/mol. The molecule has 2 aromatic carbocycles. The first-order chi connectivity index (χ1) is 14.0. The molecule has 0 spiro atoms. The molecule has 1 atom stereocenters. The third kappa shape index (κ3) is 4.43. The van der Waals surface area contributed by atoms with Crippen molar-refractivity contribution in [3.8, 4) is 5.75 Å². The Morgan fingerprint density at radius 3 is 2.86 bits per heavy atom. The van der Waals surface area contributed by atoms with Gasteiger partial charge in [0.2, 0.25) is 5.91 Å². The van der Waals surface area contributed by atoms with Crippen molar-refractivity contribution >= 4 is 23.2 Å². The molecule has 0 bridgehead atoms. The summed E-state index contributed by atoms with van der Waals surface area (Å²) in [4.78, 5) is 24.6. The normalized spacial score (nSPS) is 15.2. The van der Waals surface area contributed by atoms with Crippen LogP contribution >= 0.6 is 0 Å². The largest absolute Gasteiger partial charge is 0.478 e. The van der Waals surface area contributed by atoms with Gasteiger partial charge < -0.3 is 15.4 Å². The lowest BCUT2D eigenvalue weighted by Crippen LogP contribution is -2.39. The molecule has 1 unspecified atom stereocenters. The Balaban J connectivity index is 1.35. The van der Waals surface area contributed by atoms with Gasteiger partial charge in [-0.2, -0.15) is 5.10 Å². The number of aromatic nitrogens is 2. The number of carbonyl (C=O) groups is 2. The molecule has 0 aliphatic carbocycles. The fourth-order valence-electron chi connectivity index (χ4n) is 3.07. The second kappa shape index (κ2) is 7.75. The molecule has 0 fully saturated rings. The maximum atomic E-state index is 13.0. The summed E-state index contributed by atoms with van der Waals surface area (Å²) >= 11 is 0. The van der Waals surface area contributed by atoms with E-state index in [2.05, 4.69) is 15.7 Å². The van der Waals surface area contributed by atoms with Crippen LogP contribution in [0.1, 0.15) is 17.5 Å². The molecule has 1 aliphatic rings. The number of anilines is 2. The third-order valence-corrected chi connectivity index (χ3v) is 4.50. The minimum Gasteiger partial charge on any atom is -0.478 e. The lowest BCUT2D eigenvalue weighted by Gasteiger charge is -2.25. The minimum absolute atomic E-state index is 0.123. The van der Waals surface area contributed by atoms with E-state index in [9.17, 15) is 14.0 Å².